The fraction of sp³-hybridized carbons (Fsp3) is 0.412. The lowest BCUT2D eigenvalue weighted by Crippen LogP contribution is -2.41. The molecule has 0 spiro atoms. The molecule has 8 heteroatoms. The van der Waals surface area contributed by atoms with Crippen LogP contribution in [0.1, 0.15) is 13.3 Å². The molecule has 3 rings (SSSR count). The first-order valence-corrected chi connectivity index (χ1v) is 11.6. The Kier molecular flexibility index (Phi) is 5.50. The van der Waals surface area contributed by atoms with Gasteiger partial charge in [-0.1, -0.05) is 42.1 Å². The predicted molar refractivity (Wildman–Crippen MR) is 103 cm³/mol. The summed E-state index contributed by atoms with van der Waals surface area (Å²) in [6.07, 6.45) is 0.525. The van der Waals surface area contributed by atoms with Gasteiger partial charge in [-0.25, -0.2) is 13.4 Å². The molecule has 134 valence electrons. The molecule has 5 nitrogen and oxygen atoms in total. The highest BCUT2D eigenvalue weighted by Gasteiger charge is 2.34. The van der Waals surface area contributed by atoms with E-state index in [9.17, 15) is 13.2 Å². The van der Waals surface area contributed by atoms with Crippen molar-refractivity contribution in [3.63, 3.8) is 0 Å². The van der Waals surface area contributed by atoms with E-state index in [0.29, 0.717) is 6.42 Å². The summed E-state index contributed by atoms with van der Waals surface area (Å²) in [5, 5.41) is 1.69. The molecular weight excluding hydrogens is 376 g/mol. The summed E-state index contributed by atoms with van der Waals surface area (Å²) in [7, 11) is -1.30. The predicted octanol–water partition coefficient (Wildman–Crippen LogP) is 2.94. The van der Waals surface area contributed by atoms with E-state index < -0.39 is 9.84 Å². The molecule has 1 aliphatic heterocycles. The average molecular weight is 397 g/mol. The summed E-state index contributed by atoms with van der Waals surface area (Å²) in [5.74, 6) is 0.190. The van der Waals surface area contributed by atoms with E-state index in [0.717, 1.165) is 15.6 Å². The van der Waals surface area contributed by atoms with Crippen molar-refractivity contribution in [1.29, 1.82) is 0 Å². The number of sulfone groups is 1. The monoisotopic (exact) mass is 396 g/mol. The van der Waals surface area contributed by atoms with E-state index in [4.69, 9.17) is 0 Å². The molecule has 1 saturated heterocycles. The van der Waals surface area contributed by atoms with Gasteiger partial charge in [-0.15, -0.1) is 11.3 Å². The number of nitrogens with zero attached hydrogens (tertiary/aromatic N) is 2. The summed E-state index contributed by atoms with van der Waals surface area (Å²) in [6.45, 7) is 1.84. The van der Waals surface area contributed by atoms with Gasteiger partial charge in [0.05, 0.1) is 22.4 Å². The number of hydrogen-bond acceptors (Lipinski definition) is 6. The van der Waals surface area contributed by atoms with Crippen LogP contribution in [0.15, 0.2) is 40.1 Å². The van der Waals surface area contributed by atoms with Crippen molar-refractivity contribution in [2.75, 3.05) is 18.6 Å². The van der Waals surface area contributed by atoms with Crippen LogP contribution in [0.4, 0.5) is 0 Å². The van der Waals surface area contributed by atoms with E-state index in [2.05, 4.69) is 4.98 Å². The minimum Gasteiger partial charge on any atom is -0.341 e. The van der Waals surface area contributed by atoms with Crippen LogP contribution in [0.3, 0.4) is 0 Å². The van der Waals surface area contributed by atoms with E-state index >= 15 is 0 Å². The van der Waals surface area contributed by atoms with Gasteiger partial charge in [0.15, 0.2) is 14.2 Å². The molecule has 2 heterocycles. The lowest BCUT2D eigenvalue weighted by atomic mass is 10.2. The Balaban J connectivity index is 1.63. The Morgan fingerprint density at radius 2 is 2.08 bits per heavy atom. The summed E-state index contributed by atoms with van der Waals surface area (Å²) in [4.78, 5) is 18.8. The molecular formula is C17H20N2O3S3. The molecule has 1 aliphatic rings. The third kappa shape index (κ3) is 4.43. The third-order valence-electron chi connectivity index (χ3n) is 4.28. The van der Waals surface area contributed by atoms with Crippen LogP contribution >= 0.6 is 23.1 Å². The van der Waals surface area contributed by atoms with Crippen molar-refractivity contribution < 1.29 is 13.2 Å². The molecule has 0 N–H and O–H groups in total. The quantitative estimate of drug-likeness (QED) is 0.727. The zero-order chi connectivity index (χ0) is 18.0. The fourth-order valence-electron chi connectivity index (χ4n) is 2.80. The highest BCUT2D eigenvalue weighted by molar-refractivity contribution is 8.02. The number of benzene rings is 1. The number of amides is 1. The highest BCUT2D eigenvalue weighted by Crippen LogP contribution is 2.31. The number of thiazole rings is 1. The second kappa shape index (κ2) is 7.47. The van der Waals surface area contributed by atoms with Crippen molar-refractivity contribution in [2.45, 2.75) is 29.0 Å². The van der Waals surface area contributed by atoms with Crippen LogP contribution in [0, 0.1) is 0 Å². The fourth-order valence-corrected chi connectivity index (χ4v) is 6.65. The minimum atomic E-state index is -3.00. The molecule has 0 radical (unpaired) electrons. The van der Waals surface area contributed by atoms with Crippen molar-refractivity contribution in [3.8, 4) is 11.3 Å². The van der Waals surface area contributed by atoms with E-state index in [1.54, 1.807) is 11.9 Å². The van der Waals surface area contributed by atoms with E-state index in [-0.39, 0.29) is 28.7 Å². The van der Waals surface area contributed by atoms with Gasteiger partial charge in [-0.2, -0.15) is 0 Å². The number of rotatable bonds is 5. The Bertz CT molecular complexity index is 849. The Morgan fingerprint density at radius 3 is 2.72 bits per heavy atom. The maximum atomic E-state index is 12.6. The van der Waals surface area contributed by atoms with Gasteiger partial charge in [0.1, 0.15) is 0 Å². The van der Waals surface area contributed by atoms with Crippen molar-refractivity contribution in [3.05, 3.63) is 35.7 Å². The van der Waals surface area contributed by atoms with Crippen LogP contribution in [-0.2, 0) is 14.6 Å². The first-order chi connectivity index (χ1) is 11.9. The number of aromatic nitrogens is 1. The summed E-state index contributed by atoms with van der Waals surface area (Å²) in [5.41, 5.74) is 1.96. The highest BCUT2D eigenvalue weighted by atomic mass is 32.2. The standard InChI is InChI=1S/C17H20N2O3S3/c1-12(16(20)19(2)14-8-9-25(21,22)11-14)24-17-18-15(10-23-17)13-6-4-3-5-7-13/h3-7,10,12,14H,8-9,11H2,1-2H3. The van der Waals surface area contributed by atoms with Crippen LogP contribution in [0.25, 0.3) is 11.3 Å². The van der Waals surface area contributed by atoms with Crippen LogP contribution in [-0.4, -0.2) is 54.1 Å². The molecule has 2 aromatic rings. The molecule has 0 bridgehead atoms. The van der Waals surface area contributed by atoms with Crippen LogP contribution in [0.5, 0.6) is 0 Å². The van der Waals surface area contributed by atoms with Gasteiger partial charge < -0.3 is 4.90 Å². The van der Waals surface area contributed by atoms with Crippen molar-refractivity contribution >= 4 is 38.8 Å². The molecule has 0 aliphatic carbocycles. The molecule has 1 fully saturated rings. The molecule has 1 aromatic heterocycles. The van der Waals surface area contributed by atoms with Crippen LogP contribution in [0.2, 0.25) is 0 Å². The van der Waals surface area contributed by atoms with Gasteiger partial charge in [0.2, 0.25) is 5.91 Å². The summed E-state index contributed by atoms with van der Waals surface area (Å²) < 4.78 is 24.1. The largest absolute Gasteiger partial charge is 0.341 e. The molecule has 25 heavy (non-hydrogen) atoms. The van der Waals surface area contributed by atoms with Gasteiger partial charge in [0.25, 0.3) is 0 Å². The van der Waals surface area contributed by atoms with Gasteiger partial charge >= 0.3 is 0 Å². The third-order valence-corrected chi connectivity index (χ3v) is 8.09. The van der Waals surface area contributed by atoms with Crippen molar-refractivity contribution in [1.82, 2.24) is 9.88 Å². The summed E-state index contributed by atoms with van der Waals surface area (Å²) in [6, 6.07) is 9.71. The normalized spacial score (nSPS) is 20.3. The van der Waals surface area contributed by atoms with Crippen molar-refractivity contribution in [2.24, 2.45) is 0 Å². The second-order valence-electron chi connectivity index (χ2n) is 6.13. The zero-order valence-electron chi connectivity index (χ0n) is 14.1. The maximum Gasteiger partial charge on any atom is 0.235 e. The maximum absolute atomic E-state index is 12.6. The van der Waals surface area contributed by atoms with E-state index in [1.165, 1.54) is 23.1 Å². The Morgan fingerprint density at radius 1 is 1.36 bits per heavy atom. The SMILES string of the molecule is CC(Sc1nc(-c2ccccc2)cs1)C(=O)N(C)C1CCS(=O)(=O)C1. The first kappa shape index (κ1) is 18.4. The molecule has 2 unspecified atom stereocenters. The topological polar surface area (TPSA) is 67.3 Å². The number of carbonyl (C=O) groups excluding carboxylic acids is 1. The lowest BCUT2D eigenvalue weighted by molar-refractivity contribution is -0.130. The Labute approximate surface area is 156 Å². The average Bonchev–Trinajstić information content (AvgIpc) is 3.20. The first-order valence-electron chi connectivity index (χ1n) is 8.00. The Hall–Kier alpha value is -1.38. The smallest absolute Gasteiger partial charge is 0.235 e. The van der Waals surface area contributed by atoms with Crippen LogP contribution < -0.4 is 0 Å². The number of carbonyl (C=O) groups is 1. The summed E-state index contributed by atoms with van der Waals surface area (Å²) >= 11 is 2.94. The second-order valence-corrected chi connectivity index (χ2v) is 10.8. The van der Waals surface area contributed by atoms with Gasteiger partial charge in [0, 0.05) is 24.0 Å². The van der Waals surface area contributed by atoms with Gasteiger partial charge in [-0.05, 0) is 13.3 Å². The number of hydrogen-bond donors (Lipinski definition) is 0. The lowest BCUT2D eigenvalue weighted by Gasteiger charge is -2.25. The molecule has 0 saturated carbocycles. The number of thioether (sulfide) groups is 1. The van der Waals surface area contributed by atoms with Gasteiger partial charge in [-0.3, -0.25) is 4.79 Å². The molecule has 1 amide bonds. The zero-order valence-corrected chi connectivity index (χ0v) is 16.5. The molecule has 1 aromatic carbocycles. The van der Waals surface area contributed by atoms with E-state index in [1.807, 2.05) is 42.6 Å². The molecule has 2 atom stereocenters. The minimum absolute atomic E-state index is 0.0523.